The number of carbonyl (C=O) groups is 1. The summed E-state index contributed by atoms with van der Waals surface area (Å²) in [5, 5.41) is 53.6. The summed E-state index contributed by atoms with van der Waals surface area (Å²) in [4.78, 5) is 63.6. The zero-order chi connectivity index (χ0) is 38.2. The van der Waals surface area contributed by atoms with Crippen LogP contribution in [0.4, 0.5) is 4.79 Å². The zero-order valence-electron chi connectivity index (χ0n) is 29.1. The first-order valence-electron chi connectivity index (χ1n) is 15.8. The van der Waals surface area contributed by atoms with E-state index in [2.05, 4.69) is 14.2 Å². The molecule has 55 heavy (non-hydrogen) atoms. The summed E-state index contributed by atoms with van der Waals surface area (Å²) in [5.74, 6) is -0.393. The van der Waals surface area contributed by atoms with E-state index >= 15 is 0 Å². The van der Waals surface area contributed by atoms with E-state index < -0.39 is 107 Å². The molecule has 0 bridgehead atoms. The summed E-state index contributed by atoms with van der Waals surface area (Å²) in [6.45, 7) is -2.35. The maximum absolute atomic E-state index is 13.0. The number of hydrogen-bond donors (Lipinski definition) is 7. The molecule has 3 aromatic rings. The van der Waals surface area contributed by atoms with E-state index in [4.69, 9.17) is 18.7 Å². The number of benzene rings is 2. The van der Waals surface area contributed by atoms with Crippen molar-refractivity contribution in [1.82, 2.24) is 14.9 Å². The van der Waals surface area contributed by atoms with Crippen LogP contribution in [0.3, 0.4) is 0 Å². The van der Waals surface area contributed by atoms with Crippen LogP contribution < -0.4 is 85.5 Å². The van der Waals surface area contributed by atoms with Gasteiger partial charge in [0.25, 0.3) is 21.2 Å². The second kappa shape index (κ2) is 19.0. The van der Waals surface area contributed by atoms with Crippen LogP contribution in [0.2, 0.25) is 0 Å². The number of ether oxygens (including phenoxy) is 3. The van der Waals surface area contributed by atoms with E-state index in [1.165, 1.54) is 0 Å². The van der Waals surface area contributed by atoms with Crippen LogP contribution in [-0.2, 0) is 36.7 Å². The predicted molar refractivity (Wildman–Crippen MR) is 170 cm³/mol. The first-order valence-corrected chi connectivity index (χ1v) is 18.7. The second-order valence-electron chi connectivity index (χ2n) is 12.1. The fourth-order valence-corrected chi connectivity index (χ4v) is 8.37. The number of aliphatic hydroxyl groups is 5. The minimum absolute atomic E-state index is 0. The summed E-state index contributed by atoms with van der Waals surface area (Å²) in [6.07, 6.45) is -15.2. The Morgan fingerprint density at radius 3 is 2.04 bits per heavy atom. The zero-order valence-corrected chi connectivity index (χ0v) is 34.8. The van der Waals surface area contributed by atoms with Crippen LogP contribution in [-0.4, -0.2) is 110 Å². The van der Waals surface area contributed by atoms with Gasteiger partial charge in [-0.25, -0.2) is 13.9 Å². The Bertz CT molecular complexity index is 1990. The molecular weight excluding hydrogens is 798 g/mol. The third-order valence-corrected chi connectivity index (χ3v) is 11.3. The molecule has 2 aromatic carbocycles. The number of carbonyl (C=O) groups excluding carboxylic acids is 1. The Balaban J connectivity index is 0.00000336. The van der Waals surface area contributed by atoms with Gasteiger partial charge in [0.2, 0.25) is 0 Å². The van der Waals surface area contributed by atoms with Crippen molar-refractivity contribution < 1.29 is 136 Å². The van der Waals surface area contributed by atoms with Crippen LogP contribution in [0.5, 0.6) is 0 Å². The van der Waals surface area contributed by atoms with E-state index in [9.17, 15) is 58.8 Å². The number of phosphoric acid groups is 2. The number of aliphatic hydroxyl groups excluding tert-OH is 5. The van der Waals surface area contributed by atoms with Crippen LogP contribution in [0.25, 0.3) is 11.1 Å². The second-order valence-corrected chi connectivity index (χ2v) is 15.1. The van der Waals surface area contributed by atoms with E-state index in [-0.39, 0.29) is 65.7 Å². The maximum Gasteiger partial charge on any atom is 1.00 e. The van der Waals surface area contributed by atoms with Crippen LogP contribution in [0.1, 0.15) is 23.3 Å². The first-order chi connectivity index (χ1) is 25.1. The molecule has 2 unspecified atom stereocenters. The average molecular weight is 832 g/mol. The van der Waals surface area contributed by atoms with Crippen LogP contribution in [0.15, 0.2) is 70.4 Å². The molecular formula is C30H33N3Na2O18P2. The van der Waals surface area contributed by atoms with Gasteiger partial charge in [-0.15, -0.1) is 0 Å². The fraction of sp³-hybridized carbons (Fsp3) is 0.433. The van der Waals surface area contributed by atoms with Gasteiger partial charge in [-0.2, -0.15) is 0 Å². The summed E-state index contributed by atoms with van der Waals surface area (Å²) < 4.78 is 55.3. The quantitative estimate of drug-likeness (QED) is 0.0658. The molecule has 2 aliphatic heterocycles. The number of fused-ring (bicyclic) bond motifs is 3. The molecule has 11 atom stereocenters. The SMILES string of the molecule is O=C(N[C@H]1[C@@H](OP(=O)([O-])OP(=O)([O-])OC[C@H]2O[C@@H](n3ccc(=O)[nH]c3=O)[C@H](O)[C@@H]2O)O[C@H](CO)[C@@H](O)[C@@H]1O)OCC1c2ccccc2-c2ccccc21.[Na+].[Na+]. The molecule has 288 valence electrons. The number of nitrogens with zero attached hydrogens (tertiary/aromatic N) is 1. The maximum atomic E-state index is 13.0. The van der Waals surface area contributed by atoms with Crippen LogP contribution >= 0.6 is 15.6 Å². The molecule has 21 nitrogen and oxygen atoms in total. The van der Waals surface area contributed by atoms with E-state index in [0.29, 0.717) is 4.57 Å². The van der Waals surface area contributed by atoms with Gasteiger partial charge < -0.3 is 59.4 Å². The van der Waals surface area contributed by atoms with Crippen molar-refractivity contribution in [3.8, 4) is 11.1 Å². The predicted octanol–water partition coefficient (Wildman–Crippen LogP) is -8.50. The Labute approximate surface area is 354 Å². The van der Waals surface area contributed by atoms with Crippen LogP contribution in [0, 0.1) is 0 Å². The normalized spacial score (nSPS) is 29.4. The molecule has 7 N–H and O–H groups in total. The number of nitrogens with one attached hydrogen (secondary N) is 2. The Morgan fingerprint density at radius 2 is 1.44 bits per heavy atom. The van der Waals surface area contributed by atoms with Gasteiger partial charge in [0.15, 0.2) is 12.5 Å². The molecule has 0 radical (unpaired) electrons. The van der Waals surface area contributed by atoms with Crippen molar-refractivity contribution in [1.29, 1.82) is 0 Å². The molecule has 1 aromatic heterocycles. The molecule has 6 rings (SSSR count). The Morgan fingerprint density at radius 1 is 0.836 bits per heavy atom. The minimum atomic E-state index is -6.09. The molecule has 3 heterocycles. The van der Waals surface area contributed by atoms with Crippen molar-refractivity contribution in [3.05, 3.63) is 92.8 Å². The first kappa shape index (κ1) is 46.1. The number of H-pyrrole nitrogens is 1. The van der Waals surface area contributed by atoms with E-state index in [1.54, 1.807) is 0 Å². The molecule has 1 amide bonds. The van der Waals surface area contributed by atoms with Gasteiger partial charge >= 0.3 is 70.9 Å². The average Bonchev–Trinajstić information content (AvgIpc) is 3.58. The number of amides is 1. The summed E-state index contributed by atoms with van der Waals surface area (Å²) >= 11 is 0. The van der Waals surface area contributed by atoms with Crippen molar-refractivity contribution in [2.24, 2.45) is 0 Å². The van der Waals surface area contributed by atoms with Crippen molar-refractivity contribution >= 4 is 21.7 Å². The Kier molecular flexibility index (Phi) is 15.9. The minimum Gasteiger partial charge on any atom is -0.756 e. The summed E-state index contributed by atoms with van der Waals surface area (Å²) in [5.41, 5.74) is 1.79. The molecule has 25 heteroatoms. The summed E-state index contributed by atoms with van der Waals surface area (Å²) in [6, 6.07) is 13.8. The molecule has 0 spiro atoms. The molecule has 1 aliphatic carbocycles. The van der Waals surface area contributed by atoms with Gasteiger partial charge in [0.05, 0.1) is 13.2 Å². The van der Waals surface area contributed by atoms with Gasteiger partial charge in [0, 0.05) is 18.2 Å². The number of hydrogen-bond acceptors (Lipinski definition) is 18. The monoisotopic (exact) mass is 831 g/mol. The molecule has 2 fully saturated rings. The number of alkyl carbamates (subject to hydrolysis) is 1. The third kappa shape index (κ3) is 10.3. The van der Waals surface area contributed by atoms with E-state index in [1.807, 2.05) is 53.5 Å². The van der Waals surface area contributed by atoms with Gasteiger partial charge in [-0.3, -0.25) is 28.0 Å². The van der Waals surface area contributed by atoms with E-state index in [0.717, 1.165) is 34.5 Å². The third-order valence-electron chi connectivity index (χ3n) is 8.80. The van der Waals surface area contributed by atoms with Crippen molar-refractivity contribution in [3.63, 3.8) is 0 Å². The number of aromatic nitrogens is 2. The van der Waals surface area contributed by atoms with Gasteiger partial charge in [0.1, 0.15) is 49.3 Å². The van der Waals surface area contributed by atoms with Gasteiger partial charge in [-0.05, 0) is 22.3 Å². The van der Waals surface area contributed by atoms with Crippen molar-refractivity contribution in [2.75, 3.05) is 19.8 Å². The molecule has 3 aliphatic rings. The number of phosphoric ester groups is 2. The smallest absolute Gasteiger partial charge is 0.756 e. The Hall–Kier alpha value is -1.63. The number of aromatic amines is 1. The fourth-order valence-electron chi connectivity index (χ4n) is 6.28. The molecule has 0 saturated carbocycles. The topological polar surface area (TPSA) is 321 Å². The van der Waals surface area contributed by atoms with Crippen molar-refractivity contribution in [2.45, 2.75) is 61.1 Å². The summed E-state index contributed by atoms with van der Waals surface area (Å²) in [7, 11) is -12.0. The number of rotatable bonds is 12. The molecule has 2 saturated heterocycles. The van der Waals surface area contributed by atoms with Gasteiger partial charge in [-0.1, -0.05) is 48.5 Å². The largest absolute Gasteiger partial charge is 1.00 e. The standard InChI is InChI=1S/C30H35N3O18P2.2Na/c34-11-19-23(36)25(38)22(32-30(41)46-12-18-16-7-3-1-5-14(16)15-6-2-4-8-17(15)18)28(49-19)50-53(44,45)51-52(42,43)47-13-20-24(37)26(39)27(48-20)33-10-9-21(35)31-29(33)40;;/h1-10,18-20,22-28,34,36-39H,11-13H2,(H,32,41)(H,42,43)(H,44,45)(H,31,35,40);;/q;2*+1/p-2/t19-,20-,22-,23-,24-,25-,26-,27-,28-;;/m1../s1.